The lowest BCUT2D eigenvalue weighted by molar-refractivity contribution is 0.0640. The number of benzene rings is 2. The van der Waals surface area contributed by atoms with Gasteiger partial charge < -0.3 is 15.1 Å². The van der Waals surface area contributed by atoms with Gasteiger partial charge in [0, 0.05) is 44.0 Å². The molecule has 0 aromatic heterocycles. The van der Waals surface area contributed by atoms with E-state index in [1.165, 1.54) is 12.1 Å². The van der Waals surface area contributed by atoms with Crippen molar-refractivity contribution in [3.8, 4) is 0 Å². The molecule has 9 heteroatoms. The second-order valence-electron chi connectivity index (χ2n) is 9.71. The highest BCUT2D eigenvalue weighted by molar-refractivity contribution is 7.89. The van der Waals surface area contributed by atoms with E-state index in [0.717, 1.165) is 38.9 Å². The molecule has 0 bridgehead atoms. The molecule has 2 aliphatic heterocycles. The Morgan fingerprint density at radius 2 is 1.47 bits per heavy atom. The second-order valence-corrected chi connectivity index (χ2v) is 11.6. The monoisotopic (exact) mass is 512 g/mol. The van der Waals surface area contributed by atoms with E-state index in [2.05, 4.69) is 17.1 Å². The molecule has 194 valence electrons. The minimum absolute atomic E-state index is 0.0443. The van der Waals surface area contributed by atoms with Crippen LogP contribution in [0.2, 0.25) is 0 Å². The highest BCUT2D eigenvalue weighted by Crippen LogP contribution is 2.30. The van der Waals surface area contributed by atoms with Gasteiger partial charge in [0.05, 0.1) is 16.0 Å². The lowest BCUT2D eigenvalue weighted by Crippen LogP contribution is -2.48. The summed E-state index contributed by atoms with van der Waals surface area (Å²) in [7, 11) is -3.63. The van der Waals surface area contributed by atoms with Gasteiger partial charge in [0.15, 0.2) is 0 Å². The van der Waals surface area contributed by atoms with E-state index >= 15 is 0 Å². The number of amides is 2. The molecule has 2 heterocycles. The Morgan fingerprint density at radius 1 is 0.889 bits per heavy atom. The van der Waals surface area contributed by atoms with Gasteiger partial charge in [-0.15, -0.1) is 0 Å². The standard InChI is InChI=1S/C27H36N4O4S/c1-4-29-16-18-30(19-17-29)27(33)25-11-6-5-10-24(25)26(32)28-22-12-14-23(15-13-22)36(34,35)31-20(2)8-7-9-21(31)3/h5-6,10-15,20-21H,4,7-9,16-19H2,1-3H3,(H,28,32)/t20-,21-/m1/s1. The number of nitrogens with one attached hydrogen (secondary N) is 1. The summed E-state index contributed by atoms with van der Waals surface area (Å²) in [6.45, 7) is 9.86. The fourth-order valence-corrected chi connectivity index (χ4v) is 7.09. The summed E-state index contributed by atoms with van der Waals surface area (Å²) in [5.41, 5.74) is 1.14. The Bertz CT molecular complexity index is 1180. The zero-order chi connectivity index (χ0) is 25.9. The summed E-state index contributed by atoms with van der Waals surface area (Å²) in [6.07, 6.45) is 2.73. The van der Waals surface area contributed by atoms with Crippen molar-refractivity contribution in [2.75, 3.05) is 38.0 Å². The maximum absolute atomic E-state index is 13.3. The number of carbonyl (C=O) groups excluding carboxylic acids is 2. The molecule has 2 atom stereocenters. The van der Waals surface area contributed by atoms with Gasteiger partial charge in [0.25, 0.3) is 11.8 Å². The van der Waals surface area contributed by atoms with Crippen LogP contribution in [-0.4, -0.2) is 79.1 Å². The first kappa shape index (κ1) is 26.3. The first-order valence-corrected chi connectivity index (χ1v) is 14.2. The SMILES string of the molecule is CCN1CCN(C(=O)c2ccccc2C(=O)Nc2ccc(S(=O)(=O)N3[C@H](C)CCC[C@H]3C)cc2)CC1. The Balaban J connectivity index is 1.48. The minimum atomic E-state index is -3.63. The van der Waals surface area contributed by atoms with Crippen molar-refractivity contribution >= 4 is 27.5 Å². The van der Waals surface area contributed by atoms with Gasteiger partial charge >= 0.3 is 0 Å². The fraction of sp³-hybridized carbons (Fsp3) is 0.481. The predicted octanol–water partition coefficient (Wildman–Crippen LogP) is 3.67. The number of nitrogens with zero attached hydrogens (tertiary/aromatic N) is 3. The van der Waals surface area contributed by atoms with Gasteiger partial charge in [-0.2, -0.15) is 4.31 Å². The molecule has 36 heavy (non-hydrogen) atoms. The van der Waals surface area contributed by atoms with Gasteiger partial charge in [-0.3, -0.25) is 9.59 Å². The first-order chi connectivity index (χ1) is 17.2. The van der Waals surface area contributed by atoms with E-state index < -0.39 is 15.9 Å². The third-order valence-electron chi connectivity index (χ3n) is 7.31. The van der Waals surface area contributed by atoms with Crippen LogP contribution in [0, 0.1) is 0 Å². The zero-order valence-corrected chi connectivity index (χ0v) is 22.1. The Morgan fingerprint density at radius 3 is 2.06 bits per heavy atom. The second kappa shape index (κ2) is 11.1. The lowest BCUT2D eigenvalue weighted by Gasteiger charge is -2.37. The van der Waals surface area contributed by atoms with Crippen LogP contribution in [-0.2, 0) is 10.0 Å². The highest BCUT2D eigenvalue weighted by atomic mass is 32.2. The Kier molecular flexibility index (Phi) is 8.12. The van der Waals surface area contributed by atoms with Crippen molar-refractivity contribution in [3.63, 3.8) is 0 Å². The van der Waals surface area contributed by atoms with Crippen molar-refractivity contribution in [1.29, 1.82) is 0 Å². The molecule has 0 radical (unpaired) electrons. The van der Waals surface area contributed by atoms with E-state index in [0.29, 0.717) is 29.9 Å². The number of rotatable bonds is 6. The fourth-order valence-electron chi connectivity index (χ4n) is 5.21. The Hall–Kier alpha value is -2.75. The largest absolute Gasteiger partial charge is 0.336 e. The molecule has 2 aromatic rings. The minimum Gasteiger partial charge on any atom is -0.336 e. The summed E-state index contributed by atoms with van der Waals surface area (Å²) < 4.78 is 28.1. The van der Waals surface area contributed by atoms with Crippen molar-refractivity contribution in [3.05, 3.63) is 59.7 Å². The van der Waals surface area contributed by atoms with Crippen LogP contribution < -0.4 is 5.32 Å². The van der Waals surface area contributed by atoms with E-state index in [4.69, 9.17) is 0 Å². The quantitative estimate of drug-likeness (QED) is 0.638. The predicted molar refractivity (Wildman–Crippen MR) is 141 cm³/mol. The van der Waals surface area contributed by atoms with Crippen LogP contribution in [0.15, 0.2) is 53.4 Å². The first-order valence-electron chi connectivity index (χ1n) is 12.8. The van der Waals surface area contributed by atoms with Crippen molar-refractivity contribution in [1.82, 2.24) is 14.1 Å². The molecule has 8 nitrogen and oxygen atoms in total. The van der Waals surface area contributed by atoms with Crippen LogP contribution in [0.4, 0.5) is 5.69 Å². The number of piperidine rings is 1. The van der Waals surface area contributed by atoms with E-state index in [-0.39, 0.29) is 22.9 Å². The van der Waals surface area contributed by atoms with Crippen LogP contribution in [0.1, 0.15) is 60.7 Å². The van der Waals surface area contributed by atoms with Crippen LogP contribution in [0.3, 0.4) is 0 Å². The molecule has 1 N–H and O–H groups in total. The van der Waals surface area contributed by atoms with E-state index in [9.17, 15) is 18.0 Å². The summed E-state index contributed by atoms with van der Waals surface area (Å²) in [4.78, 5) is 30.6. The molecule has 0 saturated carbocycles. The smallest absolute Gasteiger partial charge is 0.256 e. The Labute approximate surface area is 214 Å². The number of carbonyl (C=O) groups is 2. The molecular formula is C27H36N4O4S. The number of hydrogen-bond acceptors (Lipinski definition) is 5. The number of likely N-dealkylation sites (N-methyl/N-ethyl adjacent to an activating group) is 1. The molecular weight excluding hydrogens is 476 g/mol. The topological polar surface area (TPSA) is 90.0 Å². The van der Waals surface area contributed by atoms with Crippen molar-refractivity contribution < 1.29 is 18.0 Å². The molecule has 2 aliphatic rings. The van der Waals surface area contributed by atoms with Gasteiger partial charge in [0.1, 0.15) is 0 Å². The number of piperazine rings is 1. The summed E-state index contributed by atoms with van der Waals surface area (Å²) in [5, 5.41) is 2.82. The molecule has 2 fully saturated rings. The zero-order valence-electron chi connectivity index (χ0n) is 21.3. The van der Waals surface area contributed by atoms with Gasteiger partial charge in [-0.05, 0) is 69.6 Å². The molecule has 0 aliphatic carbocycles. The van der Waals surface area contributed by atoms with Crippen LogP contribution >= 0.6 is 0 Å². The van der Waals surface area contributed by atoms with E-state index in [1.54, 1.807) is 45.6 Å². The molecule has 4 rings (SSSR count). The normalized spacial score (nSPS) is 21.8. The third kappa shape index (κ3) is 5.48. The lowest BCUT2D eigenvalue weighted by atomic mass is 10.0. The maximum Gasteiger partial charge on any atom is 0.256 e. The third-order valence-corrected chi connectivity index (χ3v) is 9.45. The van der Waals surface area contributed by atoms with Crippen molar-refractivity contribution in [2.24, 2.45) is 0 Å². The molecule has 2 aromatic carbocycles. The van der Waals surface area contributed by atoms with Crippen LogP contribution in [0.5, 0.6) is 0 Å². The van der Waals surface area contributed by atoms with E-state index in [1.807, 2.05) is 13.8 Å². The molecule has 2 saturated heterocycles. The average Bonchev–Trinajstić information content (AvgIpc) is 2.88. The summed E-state index contributed by atoms with van der Waals surface area (Å²) >= 11 is 0. The summed E-state index contributed by atoms with van der Waals surface area (Å²) in [6, 6.07) is 13.0. The van der Waals surface area contributed by atoms with Gasteiger partial charge in [-0.1, -0.05) is 25.5 Å². The van der Waals surface area contributed by atoms with Gasteiger partial charge in [0.2, 0.25) is 10.0 Å². The molecule has 2 amide bonds. The molecule has 0 spiro atoms. The maximum atomic E-state index is 13.3. The highest BCUT2D eigenvalue weighted by Gasteiger charge is 2.35. The number of anilines is 1. The van der Waals surface area contributed by atoms with Crippen LogP contribution in [0.25, 0.3) is 0 Å². The van der Waals surface area contributed by atoms with Gasteiger partial charge in [-0.25, -0.2) is 8.42 Å². The number of sulfonamides is 1. The molecule has 0 unspecified atom stereocenters. The van der Waals surface area contributed by atoms with Crippen molar-refractivity contribution in [2.45, 2.75) is 57.0 Å². The number of hydrogen-bond donors (Lipinski definition) is 1. The average molecular weight is 513 g/mol. The summed E-state index contributed by atoms with van der Waals surface area (Å²) in [5.74, 6) is -0.553.